The Labute approximate surface area is 133 Å². The van der Waals surface area contributed by atoms with Gasteiger partial charge >= 0.3 is 0 Å². The molecule has 0 aromatic heterocycles. The second-order valence-electron chi connectivity index (χ2n) is 6.30. The van der Waals surface area contributed by atoms with E-state index in [1.807, 2.05) is 27.7 Å². The van der Waals surface area contributed by atoms with Gasteiger partial charge in [-0.25, -0.2) is 13.1 Å². The molecule has 0 radical (unpaired) electrons. The lowest BCUT2D eigenvalue weighted by Crippen LogP contribution is -2.30. The first-order valence-corrected chi connectivity index (χ1v) is 8.83. The zero-order chi connectivity index (χ0) is 15.5. The molecule has 7 heteroatoms. The molecule has 1 aromatic carbocycles. The molecule has 0 atom stereocenters. The van der Waals surface area contributed by atoms with Crippen LogP contribution in [0.4, 0.5) is 5.69 Å². The van der Waals surface area contributed by atoms with Gasteiger partial charge in [-0.3, -0.25) is 0 Å². The minimum absolute atomic E-state index is 0.0704. The van der Waals surface area contributed by atoms with Crippen LogP contribution in [0.1, 0.15) is 27.7 Å². The molecule has 0 spiro atoms. The van der Waals surface area contributed by atoms with Crippen LogP contribution < -0.4 is 10.5 Å². The highest BCUT2D eigenvalue weighted by Gasteiger charge is 2.66. The number of halogens is 2. The van der Waals surface area contributed by atoms with Gasteiger partial charge in [0.2, 0.25) is 10.0 Å². The number of sulfonamides is 1. The molecule has 1 aliphatic rings. The summed E-state index contributed by atoms with van der Waals surface area (Å²) in [5.74, 6) is 0. The molecular formula is C13H18BrClN2O2S. The third-order valence-corrected chi connectivity index (χ3v) is 7.43. The normalized spacial score (nSPS) is 20.9. The smallest absolute Gasteiger partial charge is 0.242 e. The monoisotopic (exact) mass is 380 g/mol. The molecule has 0 unspecified atom stereocenters. The van der Waals surface area contributed by atoms with E-state index in [9.17, 15) is 8.42 Å². The van der Waals surface area contributed by atoms with E-state index in [2.05, 4.69) is 20.7 Å². The number of nitrogens with two attached hydrogens (primary N) is 1. The molecule has 112 valence electrons. The van der Waals surface area contributed by atoms with Crippen molar-refractivity contribution >= 4 is 43.2 Å². The highest BCUT2D eigenvalue weighted by Crippen LogP contribution is 2.63. The van der Waals surface area contributed by atoms with E-state index in [4.69, 9.17) is 17.3 Å². The molecule has 0 aliphatic heterocycles. The van der Waals surface area contributed by atoms with Crippen LogP contribution in [-0.2, 0) is 10.0 Å². The van der Waals surface area contributed by atoms with Crippen LogP contribution in [0.25, 0.3) is 0 Å². The van der Waals surface area contributed by atoms with Crippen LogP contribution in [0.15, 0.2) is 21.5 Å². The number of nitrogens with one attached hydrogen (secondary N) is 1. The quantitative estimate of drug-likeness (QED) is 0.788. The summed E-state index contributed by atoms with van der Waals surface area (Å²) in [7, 11) is -3.68. The molecule has 0 heterocycles. The van der Waals surface area contributed by atoms with Gasteiger partial charge in [-0.1, -0.05) is 39.3 Å². The number of anilines is 1. The van der Waals surface area contributed by atoms with Crippen LogP contribution >= 0.6 is 27.5 Å². The summed E-state index contributed by atoms with van der Waals surface area (Å²) in [6.07, 6.45) is 0. The molecule has 0 amide bonds. The summed E-state index contributed by atoms with van der Waals surface area (Å²) in [6.45, 7) is 8.17. The zero-order valence-corrected chi connectivity index (χ0v) is 14.9. The first-order chi connectivity index (χ1) is 8.91. The lowest BCUT2D eigenvalue weighted by Gasteiger charge is -2.12. The van der Waals surface area contributed by atoms with Crippen molar-refractivity contribution in [2.45, 2.75) is 38.6 Å². The van der Waals surface area contributed by atoms with Crippen LogP contribution in [0.3, 0.4) is 0 Å². The summed E-state index contributed by atoms with van der Waals surface area (Å²) >= 11 is 9.11. The van der Waals surface area contributed by atoms with Gasteiger partial charge in [0.15, 0.2) is 0 Å². The second kappa shape index (κ2) is 4.60. The fourth-order valence-corrected chi connectivity index (χ4v) is 5.31. The summed E-state index contributed by atoms with van der Waals surface area (Å²) < 4.78 is 28.1. The molecule has 1 saturated carbocycles. The van der Waals surface area contributed by atoms with Crippen molar-refractivity contribution in [1.82, 2.24) is 4.72 Å². The first kappa shape index (κ1) is 16.1. The molecule has 1 aliphatic carbocycles. The maximum absolute atomic E-state index is 12.5. The number of nitrogen functional groups attached to an aromatic ring is 1. The van der Waals surface area contributed by atoms with E-state index in [1.165, 1.54) is 12.1 Å². The standard InChI is InChI=1S/C13H18BrClN2O2S/c1-12(2)11(13(12,3)4)17-20(18,19)9-6-7(15)5-8(16)10(9)14/h5-6,11,17H,16H2,1-4H3. The Balaban J connectivity index is 2.39. The first-order valence-electron chi connectivity index (χ1n) is 6.18. The fraction of sp³-hybridized carbons (Fsp3) is 0.538. The van der Waals surface area contributed by atoms with E-state index in [1.54, 1.807) is 0 Å². The van der Waals surface area contributed by atoms with Crippen molar-refractivity contribution in [3.8, 4) is 0 Å². The largest absolute Gasteiger partial charge is 0.398 e. The molecule has 3 N–H and O–H groups in total. The molecule has 0 bridgehead atoms. The predicted octanol–water partition coefficient (Wildman–Crippen LogP) is 3.40. The highest BCUT2D eigenvalue weighted by atomic mass is 79.9. The third-order valence-electron chi connectivity index (χ3n) is 4.62. The molecule has 1 fully saturated rings. The Hall–Kier alpha value is -0.300. The van der Waals surface area contributed by atoms with Gasteiger partial charge in [0.25, 0.3) is 0 Å². The SMILES string of the molecule is CC1(C)C(NS(=O)(=O)c2cc(Cl)cc(N)c2Br)C1(C)C. The van der Waals surface area contributed by atoms with Gasteiger partial charge in [0.05, 0.1) is 9.37 Å². The van der Waals surface area contributed by atoms with Crippen molar-refractivity contribution in [2.24, 2.45) is 10.8 Å². The van der Waals surface area contributed by atoms with Crippen molar-refractivity contribution in [2.75, 3.05) is 5.73 Å². The molecule has 1 aromatic rings. The number of hydrogen-bond donors (Lipinski definition) is 2. The average Bonchev–Trinajstić information content (AvgIpc) is 2.65. The van der Waals surface area contributed by atoms with Crippen molar-refractivity contribution in [3.63, 3.8) is 0 Å². The minimum atomic E-state index is -3.68. The topological polar surface area (TPSA) is 72.2 Å². The van der Waals surface area contributed by atoms with Crippen LogP contribution in [-0.4, -0.2) is 14.5 Å². The van der Waals surface area contributed by atoms with Crippen LogP contribution in [0.2, 0.25) is 5.02 Å². The molecule has 4 nitrogen and oxygen atoms in total. The second-order valence-corrected chi connectivity index (χ2v) is 9.22. The van der Waals surface area contributed by atoms with Crippen LogP contribution in [0, 0.1) is 10.8 Å². The Bertz CT molecular complexity index is 657. The number of hydrogen-bond acceptors (Lipinski definition) is 3. The molecule has 20 heavy (non-hydrogen) atoms. The fourth-order valence-electron chi connectivity index (χ4n) is 2.49. The summed E-state index contributed by atoms with van der Waals surface area (Å²) in [5.41, 5.74) is 5.87. The van der Waals surface area contributed by atoms with Crippen molar-refractivity contribution < 1.29 is 8.42 Å². The number of benzene rings is 1. The van der Waals surface area contributed by atoms with E-state index in [0.717, 1.165) is 0 Å². The lowest BCUT2D eigenvalue weighted by atomic mass is 10.0. The molecule has 2 rings (SSSR count). The Morgan fingerprint density at radius 2 is 1.75 bits per heavy atom. The number of rotatable bonds is 3. The van der Waals surface area contributed by atoms with Gasteiger partial charge in [0, 0.05) is 16.8 Å². The summed E-state index contributed by atoms with van der Waals surface area (Å²) in [6, 6.07) is 2.79. The van der Waals surface area contributed by atoms with Crippen molar-refractivity contribution in [3.05, 3.63) is 21.6 Å². The van der Waals surface area contributed by atoms with E-state index in [-0.39, 0.29) is 21.8 Å². The lowest BCUT2D eigenvalue weighted by molar-refractivity contribution is 0.457. The predicted molar refractivity (Wildman–Crippen MR) is 85.2 cm³/mol. The van der Waals surface area contributed by atoms with Gasteiger partial charge in [-0.2, -0.15) is 0 Å². The van der Waals surface area contributed by atoms with Crippen LogP contribution in [0.5, 0.6) is 0 Å². The van der Waals surface area contributed by atoms with Gasteiger partial charge in [-0.05, 0) is 38.9 Å². The minimum Gasteiger partial charge on any atom is -0.398 e. The van der Waals surface area contributed by atoms with E-state index < -0.39 is 10.0 Å². The Morgan fingerprint density at radius 3 is 2.20 bits per heavy atom. The van der Waals surface area contributed by atoms with Gasteiger partial charge in [0.1, 0.15) is 0 Å². The zero-order valence-electron chi connectivity index (χ0n) is 11.8. The van der Waals surface area contributed by atoms with Gasteiger partial charge in [-0.15, -0.1) is 0 Å². The van der Waals surface area contributed by atoms with E-state index >= 15 is 0 Å². The molecular weight excluding hydrogens is 364 g/mol. The third kappa shape index (κ3) is 2.36. The van der Waals surface area contributed by atoms with Crippen molar-refractivity contribution in [1.29, 1.82) is 0 Å². The van der Waals surface area contributed by atoms with E-state index in [0.29, 0.717) is 15.2 Å². The Kier molecular flexibility index (Phi) is 3.70. The summed E-state index contributed by atoms with van der Waals surface area (Å²) in [5, 5.41) is 0.292. The summed E-state index contributed by atoms with van der Waals surface area (Å²) in [4.78, 5) is 0.0704. The highest BCUT2D eigenvalue weighted by molar-refractivity contribution is 9.10. The molecule has 0 saturated heterocycles. The Morgan fingerprint density at radius 1 is 1.25 bits per heavy atom. The maximum atomic E-state index is 12.5. The maximum Gasteiger partial charge on any atom is 0.242 e. The average molecular weight is 382 g/mol. The van der Waals surface area contributed by atoms with Gasteiger partial charge < -0.3 is 5.73 Å².